The number of carbonyl (C=O) groups is 1. The first-order chi connectivity index (χ1) is 14.6. The largest absolute Gasteiger partial charge is 0.463 e. The fraction of sp³-hybridized carbons (Fsp3) is 0.958. The highest BCUT2D eigenvalue weighted by Crippen LogP contribution is 2.18. The maximum absolute atomic E-state index is 11.8. The molecular weight excluding hydrogens is 384 g/mol. The zero-order valence-corrected chi connectivity index (χ0v) is 19.1. The molecule has 0 spiro atoms. The van der Waals surface area contributed by atoms with Gasteiger partial charge in [-0.2, -0.15) is 0 Å². The van der Waals surface area contributed by atoms with Gasteiger partial charge >= 0.3 is 5.97 Å². The highest BCUT2D eigenvalue weighted by molar-refractivity contribution is 5.69. The van der Waals surface area contributed by atoms with E-state index in [-0.39, 0.29) is 19.2 Å². The van der Waals surface area contributed by atoms with Crippen LogP contribution >= 0.6 is 0 Å². The van der Waals surface area contributed by atoms with Gasteiger partial charge in [0.25, 0.3) is 0 Å². The van der Waals surface area contributed by atoms with E-state index in [1.165, 1.54) is 77.0 Å². The molecule has 3 N–H and O–H groups in total. The third-order valence-electron chi connectivity index (χ3n) is 5.97. The van der Waals surface area contributed by atoms with Gasteiger partial charge < -0.3 is 24.8 Å². The van der Waals surface area contributed by atoms with E-state index in [0.29, 0.717) is 6.42 Å². The first-order valence-electron chi connectivity index (χ1n) is 12.4. The molecule has 1 aliphatic heterocycles. The zero-order valence-electron chi connectivity index (χ0n) is 19.1. The van der Waals surface area contributed by atoms with Crippen LogP contribution in [0.25, 0.3) is 0 Å². The molecule has 0 bridgehead atoms. The van der Waals surface area contributed by atoms with Gasteiger partial charge in [-0.15, -0.1) is 0 Å². The Balaban J connectivity index is 1.83. The maximum Gasteiger partial charge on any atom is 0.305 e. The number of unbranched alkanes of at least 4 members (excludes halogenated alkanes) is 14. The maximum atomic E-state index is 11.8. The van der Waals surface area contributed by atoms with Crippen LogP contribution in [-0.2, 0) is 14.3 Å². The van der Waals surface area contributed by atoms with E-state index in [1.54, 1.807) is 0 Å². The lowest BCUT2D eigenvalue weighted by atomic mass is 10.0. The zero-order chi connectivity index (χ0) is 22.0. The summed E-state index contributed by atoms with van der Waals surface area (Å²) in [6, 6.07) is 0. The van der Waals surface area contributed by atoms with E-state index >= 15 is 0 Å². The van der Waals surface area contributed by atoms with Crippen LogP contribution in [0.2, 0.25) is 0 Å². The van der Waals surface area contributed by atoms with E-state index < -0.39 is 24.4 Å². The second kappa shape index (κ2) is 17.9. The average molecular weight is 431 g/mol. The quantitative estimate of drug-likeness (QED) is 0.209. The summed E-state index contributed by atoms with van der Waals surface area (Å²) >= 11 is 0. The summed E-state index contributed by atoms with van der Waals surface area (Å²) in [7, 11) is 0. The number of ether oxygens (including phenoxy) is 2. The average Bonchev–Trinajstić information content (AvgIpc) is 3.07. The van der Waals surface area contributed by atoms with Crippen molar-refractivity contribution in [3.8, 4) is 0 Å². The fourth-order valence-corrected chi connectivity index (χ4v) is 3.95. The molecule has 178 valence electrons. The smallest absolute Gasteiger partial charge is 0.305 e. The van der Waals surface area contributed by atoms with E-state index in [4.69, 9.17) is 9.47 Å². The van der Waals surface area contributed by atoms with Gasteiger partial charge in [-0.05, 0) is 6.42 Å². The fourth-order valence-electron chi connectivity index (χ4n) is 3.95. The molecule has 6 nitrogen and oxygen atoms in total. The number of esters is 1. The molecule has 6 heteroatoms. The summed E-state index contributed by atoms with van der Waals surface area (Å²) in [6.07, 6.45) is 15.4. The van der Waals surface area contributed by atoms with Crippen molar-refractivity contribution in [2.45, 2.75) is 134 Å². The van der Waals surface area contributed by atoms with Crippen molar-refractivity contribution in [1.29, 1.82) is 0 Å². The molecule has 0 aromatic heterocycles. The SMILES string of the molecule is CCCCCCCCCCCCCCCCCC(=O)OC[C@@H](O)[C@H]1OC[C@H](O)C1O. The number of rotatable bonds is 19. The lowest BCUT2D eigenvalue weighted by Gasteiger charge is -2.20. The van der Waals surface area contributed by atoms with E-state index in [0.717, 1.165) is 19.3 Å². The third kappa shape index (κ3) is 12.9. The molecule has 1 fully saturated rings. The molecule has 1 aliphatic rings. The summed E-state index contributed by atoms with van der Waals surface area (Å²) < 4.78 is 10.2. The standard InChI is InChI=1S/C24H46O6/c1-2-3-4-5-6-7-8-9-10-11-12-13-14-15-16-17-22(27)29-19-21(26)24-23(28)20(25)18-30-24/h20-21,23-26,28H,2-19H2,1H3/t20-,21+,23?,24+/m0/s1. The van der Waals surface area contributed by atoms with Gasteiger partial charge in [0, 0.05) is 6.42 Å². The third-order valence-corrected chi connectivity index (χ3v) is 5.97. The molecule has 0 aromatic rings. The molecule has 1 rings (SSSR count). The van der Waals surface area contributed by atoms with Gasteiger partial charge in [0.1, 0.15) is 31.0 Å². The van der Waals surface area contributed by atoms with Gasteiger partial charge in [-0.3, -0.25) is 4.79 Å². The second-order valence-electron chi connectivity index (χ2n) is 8.81. The minimum atomic E-state index is -1.14. The molecule has 0 amide bonds. The summed E-state index contributed by atoms with van der Waals surface area (Å²) in [5, 5.41) is 29.0. The Morgan fingerprint density at radius 1 is 0.867 bits per heavy atom. The van der Waals surface area contributed by atoms with Crippen molar-refractivity contribution in [2.75, 3.05) is 13.2 Å². The van der Waals surface area contributed by atoms with Gasteiger partial charge in [-0.1, -0.05) is 96.8 Å². The summed E-state index contributed by atoms with van der Waals surface area (Å²) in [5.74, 6) is -0.336. The van der Waals surface area contributed by atoms with Gasteiger partial charge in [-0.25, -0.2) is 0 Å². The number of hydrogen-bond acceptors (Lipinski definition) is 6. The molecule has 30 heavy (non-hydrogen) atoms. The monoisotopic (exact) mass is 430 g/mol. The van der Waals surface area contributed by atoms with Crippen molar-refractivity contribution >= 4 is 5.97 Å². The highest BCUT2D eigenvalue weighted by atomic mass is 16.6. The van der Waals surface area contributed by atoms with Gasteiger partial charge in [0.05, 0.1) is 6.61 Å². The Hall–Kier alpha value is -0.690. The molecule has 4 atom stereocenters. The minimum Gasteiger partial charge on any atom is -0.463 e. The van der Waals surface area contributed by atoms with Crippen LogP contribution in [0.15, 0.2) is 0 Å². The highest BCUT2D eigenvalue weighted by Gasteiger charge is 2.39. The summed E-state index contributed by atoms with van der Waals surface area (Å²) in [4.78, 5) is 11.8. The van der Waals surface area contributed by atoms with Crippen molar-refractivity contribution in [3.63, 3.8) is 0 Å². The Kier molecular flexibility index (Phi) is 16.3. The summed E-state index contributed by atoms with van der Waals surface area (Å²) in [5.41, 5.74) is 0. The van der Waals surface area contributed by atoms with Crippen molar-refractivity contribution in [2.24, 2.45) is 0 Å². The first kappa shape index (κ1) is 27.3. The Bertz CT molecular complexity index is 417. The van der Waals surface area contributed by atoms with E-state index in [2.05, 4.69) is 6.92 Å². The van der Waals surface area contributed by atoms with Crippen LogP contribution < -0.4 is 0 Å². The van der Waals surface area contributed by atoms with Gasteiger partial charge in [0.2, 0.25) is 0 Å². The van der Waals surface area contributed by atoms with Crippen LogP contribution in [0.5, 0.6) is 0 Å². The van der Waals surface area contributed by atoms with Crippen LogP contribution in [0, 0.1) is 0 Å². The topological polar surface area (TPSA) is 96.2 Å². The van der Waals surface area contributed by atoms with Gasteiger partial charge in [0.15, 0.2) is 0 Å². The van der Waals surface area contributed by atoms with Crippen LogP contribution in [-0.4, -0.2) is 58.9 Å². The molecule has 0 radical (unpaired) electrons. The number of aliphatic hydroxyl groups excluding tert-OH is 3. The van der Waals surface area contributed by atoms with E-state index in [9.17, 15) is 20.1 Å². The molecule has 0 aliphatic carbocycles. The second-order valence-corrected chi connectivity index (χ2v) is 8.81. The predicted octanol–water partition coefficient (Wildman–Crippen LogP) is 4.27. The normalized spacial score (nSPS) is 22.3. The molecule has 1 saturated heterocycles. The minimum absolute atomic E-state index is 0.0179. The van der Waals surface area contributed by atoms with Crippen molar-refractivity contribution in [1.82, 2.24) is 0 Å². The first-order valence-corrected chi connectivity index (χ1v) is 12.4. The van der Waals surface area contributed by atoms with Crippen molar-refractivity contribution in [3.05, 3.63) is 0 Å². The van der Waals surface area contributed by atoms with Crippen molar-refractivity contribution < 1.29 is 29.6 Å². The Morgan fingerprint density at radius 2 is 1.33 bits per heavy atom. The summed E-state index contributed by atoms with van der Waals surface area (Å²) in [6.45, 7) is 2.03. The van der Waals surface area contributed by atoms with Crippen LogP contribution in [0.4, 0.5) is 0 Å². The van der Waals surface area contributed by atoms with Crippen LogP contribution in [0.1, 0.15) is 110 Å². The molecule has 1 unspecified atom stereocenters. The lowest BCUT2D eigenvalue weighted by Crippen LogP contribution is -2.41. The number of carbonyl (C=O) groups excluding carboxylic acids is 1. The molecule has 0 saturated carbocycles. The molecule has 1 heterocycles. The predicted molar refractivity (Wildman–Crippen MR) is 118 cm³/mol. The number of aliphatic hydroxyl groups is 3. The van der Waals surface area contributed by atoms with Crippen LogP contribution in [0.3, 0.4) is 0 Å². The molecular formula is C24H46O6. The Morgan fingerprint density at radius 3 is 1.77 bits per heavy atom. The lowest BCUT2D eigenvalue weighted by molar-refractivity contribution is -0.151. The Labute approximate surface area is 183 Å². The van der Waals surface area contributed by atoms with E-state index in [1.807, 2.05) is 0 Å². The molecule has 0 aromatic carbocycles. The number of hydrogen-bond donors (Lipinski definition) is 3.